The summed E-state index contributed by atoms with van der Waals surface area (Å²) in [6.07, 6.45) is 0.307. The minimum absolute atomic E-state index is 0.00116. The number of fused-ring (bicyclic) bond motifs is 2. The highest BCUT2D eigenvalue weighted by Crippen LogP contribution is 2.33. The molecule has 0 saturated heterocycles. The van der Waals surface area contributed by atoms with Gasteiger partial charge in [-0.3, -0.25) is 38.4 Å². The molecular formula is C66H84N10O10. The number of anilines is 2. The molecule has 2 heterocycles. The minimum Gasteiger partial charge on any atom is -0.382 e. The molecule has 0 unspecified atom stereocenters. The summed E-state index contributed by atoms with van der Waals surface area (Å²) in [7, 11) is 6.41. The Morgan fingerprint density at radius 2 is 0.837 bits per heavy atom. The van der Waals surface area contributed by atoms with Gasteiger partial charge in [-0.1, -0.05) is 114 Å². The summed E-state index contributed by atoms with van der Waals surface area (Å²) in [5.74, 6) is -3.33. The minimum atomic E-state index is -1.00. The maximum Gasteiger partial charge on any atom is 0.255 e. The van der Waals surface area contributed by atoms with E-state index in [9.17, 15) is 38.4 Å². The van der Waals surface area contributed by atoms with Gasteiger partial charge in [0.1, 0.15) is 24.2 Å². The first-order valence-corrected chi connectivity index (χ1v) is 29.1. The quantitative estimate of drug-likeness (QED) is 0.0398. The van der Waals surface area contributed by atoms with Crippen LogP contribution >= 0.6 is 0 Å². The highest BCUT2D eigenvalue weighted by atomic mass is 16.5. The predicted molar refractivity (Wildman–Crippen MR) is 330 cm³/mol. The van der Waals surface area contributed by atoms with Gasteiger partial charge in [0, 0.05) is 62.7 Å². The standard InChI is InChI=1S/C66H84N10O10/c1-39(67-9)57(77)73-55(65(3,4)5)63(83)75-35-47-31-49(29-27-45(47)33-53(75)61(81)71-51(37-85-11)41-19-15-13-16-20-41)69-59(79)43-23-25-44(26-24-43)60(80)70-50-30-28-46-34-54(62(82)72-52(38-86-12)42-21-17-14-18-22-42)76(36-48(46)32-50)64(84)56(66(6,7)8)74-58(78)40(2)68-10/h13-32,39-40,51-56,67-68H,33-38H2,1-12H3,(H,69,79)(H,70,80)(H,71,81)(H,72,82)(H,73,77)(H,74,78)/t39-,40-,51+,52+,53-,54-,55+,56+/m0/s1. The van der Waals surface area contributed by atoms with Gasteiger partial charge in [0.2, 0.25) is 35.4 Å². The molecule has 8 N–H and O–H groups in total. The van der Waals surface area contributed by atoms with E-state index in [4.69, 9.17) is 9.47 Å². The van der Waals surface area contributed by atoms with Gasteiger partial charge in [-0.2, -0.15) is 0 Å². The number of amides is 8. The first kappa shape index (κ1) is 65.2. The Labute approximate surface area is 504 Å². The van der Waals surface area contributed by atoms with E-state index >= 15 is 0 Å². The van der Waals surface area contributed by atoms with Crippen molar-refractivity contribution in [2.75, 3.05) is 52.2 Å². The molecule has 0 fully saturated rings. The Bertz CT molecular complexity index is 3020. The van der Waals surface area contributed by atoms with Crippen molar-refractivity contribution in [3.05, 3.63) is 166 Å². The lowest BCUT2D eigenvalue weighted by atomic mass is 9.84. The number of hydrogen-bond acceptors (Lipinski definition) is 12. The first-order valence-electron chi connectivity index (χ1n) is 29.1. The molecule has 0 aliphatic carbocycles. The van der Waals surface area contributed by atoms with Crippen molar-refractivity contribution in [2.45, 2.75) is 130 Å². The normalized spacial score (nSPS) is 17.0. The Kier molecular flexibility index (Phi) is 21.8. The maximum absolute atomic E-state index is 14.9. The van der Waals surface area contributed by atoms with Gasteiger partial charge in [0.25, 0.3) is 11.8 Å². The fourth-order valence-electron chi connectivity index (χ4n) is 10.5. The highest BCUT2D eigenvalue weighted by molar-refractivity contribution is 6.07. The van der Waals surface area contributed by atoms with Crippen LogP contribution in [0.25, 0.3) is 0 Å². The number of nitrogens with one attached hydrogen (secondary N) is 8. The van der Waals surface area contributed by atoms with Crippen LogP contribution in [0.4, 0.5) is 11.4 Å². The summed E-state index contributed by atoms with van der Waals surface area (Å²) < 4.78 is 11.0. The zero-order valence-electron chi connectivity index (χ0n) is 51.4. The van der Waals surface area contributed by atoms with Crippen LogP contribution in [0.15, 0.2) is 121 Å². The predicted octanol–water partition coefficient (Wildman–Crippen LogP) is 5.98. The number of nitrogens with zero attached hydrogens (tertiary/aromatic N) is 2. The van der Waals surface area contributed by atoms with E-state index in [1.165, 1.54) is 34.1 Å². The van der Waals surface area contributed by atoms with Crippen LogP contribution in [0.5, 0.6) is 0 Å². The molecule has 2 aliphatic heterocycles. The van der Waals surface area contributed by atoms with E-state index in [-0.39, 0.29) is 62.1 Å². The van der Waals surface area contributed by atoms with Crippen molar-refractivity contribution in [2.24, 2.45) is 10.8 Å². The summed E-state index contributed by atoms with van der Waals surface area (Å²) in [6.45, 7) is 14.9. The smallest absolute Gasteiger partial charge is 0.255 e. The van der Waals surface area contributed by atoms with Crippen molar-refractivity contribution in [1.29, 1.82) is 0 Å². The summed E-state index contributed by atoms with van der Waals surface area (Å²) in [5, 5.41) is 23.8. The third-order valence-corrected chi connectivity index (χ3v) is 15.9. The van der Waals surface area contributed by atoms with Crippen molar-refractivity contribution >= 4 is 58.6 Å². The number of carbonyl (C=O) groups is 8. The zero-order chi connectivity index (χ0) is 62.6. The molecule has 5 aromatic rings. The lowest BCUT2D eigenvalue weighted by Gasteiger charge is -2.41. The number of benzene rings is 5. The van der Waals surface area contributed by atoms with E-state index in [0.717, 1.165) is 22.3 Å². The molecule has 0 saturated carbocycles. The van der Waals surface area contributed by atoms with Crippen molar-refractivity contribution in [1.82, 2.24) is 41.7 Å². The number of carbonyl (C=O) groups excluding carboxylic acids is 8. The van der Waals surface area contributed by atoms with Gasteiger partial charge in [0.15, 0.2) is 0 Å². The van der Waals surface area contributed by atoms with Crippen LogP contribution in [-0.4, -0.2) is 135 Å². The summed E-state index contributed by atoms with van der Waals surface area (Å²) >= 11 is 0. The van der Waals surface area contributed by atoms with Gasteiger partial charge in [-0.25, -0.2) is 0 Å². The van der Waals surface area contributed by atoms with Crippen LogP contribution in [0, 0.1) is 10.8 Å². The van der Waals surface area contributed by atoms with Crippen molar-refractivity contribution in [3.63, 3.8) is 0 Å². The fraction of sp³-hybridized carbons (Fsp3) is 0.424. The molecule has 0 bridgehead atoms. The molecule has 0 spiro atoms. The number of hydrogen-bond donors (Lipinski definition) is 8. The molecular weight excluding hydrogens is 1090 g/mol. The molecule has 86 heavy (non-hydrogen) atoms. The zero-order valence-corrected chi connectivity index (χ0v) is 51.4. The van der Waals surface area contributed by atoms with Crippen LogP contribution in [0.3, 0.4) is 0 Å². The lowest BCUT2D eigenvalue weighted by molar-refractivity contribution is -0.147. The SMILES string of the molecule is CN[C@@H](C)C(=O)N[C@H](C(=O)N1Cc2cc(NC(=O)c3ccc(C(=O)Nc4ccc5c(c4)CN(C(=O)[C@@H](NC(=O)[C@H](C)NC)C(C)(C)C)[C@H](C(=O)N[C@H](COC)c4ccccc4)C5)cc3)ccc2C[C@H]1C(=O)N[C@H](COC)c1ccccc1)C(C)(C)C. The second-order valence-electron chi connectivity index (χ2n) is 24.3. The first-order chi connectivity index (χ1) is 40.8. The average molecular weight is 1180 g/mol. The molecule has 20 nitrogen and oxygen atoms in total. The van der Waals surface area contributed by atoms with Crippen LogP contribution in [0.1, 0.15) is 122 Å². The van der Waals surface area contributed by atoms with Crippen molar-refractivity contribution < 1.29 is 47.8 Å². The summed E-state index contributed by atoms with van der Waals surface area (Å²) in [5.41, 5.74) is 4.54. The Balaban J connectivity index is 1.08. The molecule has 7 rings (SSSR count). The molecule has 2 aliphatic rings. The second-order valence-corrected chi connectivity index (χ2v) is 24.3. The van der Waals surface area contributed by atoms with Crippen LogP contribution in [-0.2, 0) is 64.2 Å². The van der Waals surface area contributed by atoms with Gasteiger partial charge >= 0.3 is 0 Å². The number of rotatable bonds is 22. The van der Waals surface area contributed by atoms with Gasteiger partial charge < -0.3 is 61.8 Å². The fourth-order valence-corrected chi connectivity index (χ4v) is 10.5. The van der Waals surface area contributed by atoms with Crippen molar-refractivity contribution in [3.8, 4) is 0 Å². The average Bonchev–Trinajstić information content (AvgIpc) is 0.918. The van der Waals surface area contributed by atoms with Gasteiger partial charge in [0.05, 0.1) is 37.4 Å². The second kappa shape index (κ2) is 28.7. The van der Waals surface area contributed by atoms with E-state index < -0.39 is 94.6 Å². The van der Waals surface area contributed by atoms with Gasteiger partial charge in [-0.05, 0) is 121 Å². The third kappa shape index (κ3) is 16.2. The lowest BCUT2D eigenvalue weighted by Crippen LogP contribution is -2.62. The number of likely N-dealkylation sites (N-methyl/N-ethyl adjacent to an activating group) is 2. The van der Waals surface area contributed by atoms with E-state index in [0.29, 0.717) is 22.5 Å². The Morgan fingerprint density at radius 1 is 0.488 bits per heavy atom. The topological polar surface area (TPSA) is 258 Å². The molecule has 5 aromatic carbocycles. The largest absolute Gasteiger partial charge is 0.382 e. The molecule has 20 heteroatoms. The number of methoxy groups -OCH3 is 2. The Hall–Kier alpha value is -8.30. The van der Waals surface area contributed by atoms with Gasteiger partial charge in [-0.15, -0.1) is 0 Å². The Morgan fingerprint density at radius 3 is 1.15 bits per heavy atom. The van der Waals surface area contributed by atoms with Crippen LogP contribution in [0.2, 0.25) is 0 Å². The van der Waals surface area contributed by atoms with E-state index in [1.807, 2.05) is 114 Å². The summed E-state index contributed by atoms with van der Waals surface area (Å²) in [4.78, 5) is 116. The molecule has 0 aromatic heterocycles. The molecule has 8 amide bonds. The number of ether oxygens (including phenoxy) is 2. The molecule has 0 radical (unpaired) electrons. The highest BCUT2D eigenvalue weighted by Gasteiger charge is 2.45. The molecule has 8 atom stereocenters. The molecule has 458 valence electrons. The monoisotopic (exact) mass is 1180 g/mol. The maximum atomic E-state index is 14.9. The van der Waals surface area contributed by atoms with E-state index in [2.05, 4.69) is 42.5 Å². The van der Waals surface area contributed by atoms with Crippen LogP contribution < -0.4 is 42.5 Å². The summed E-state index contributed by atoms with van der Waals surface area (Å²) in [6, 6.07) is 29.5. The third-order valence-electron chi connectivity index (χ3n) is 15.9. The van der Waals surface area contributed by atoms with E-state index in [1.54, 1.807) is 66.4 Å².